The molecule has 0 aliphatic carbocycles. The van der Waals surface area contributed by atoms with Gasteiger partial charge < -0.3 is 11.5 Å². The number of nitrogens with two attached hydrogens (primary N) is 2. The number of rotatable bonds is 2. The van der Waals surface area contributed by atoms with Gasteiger partial charge in [-0.05, 0) is 23.6 Å². The normalized spacial score (nSPS) is 10.1. The Kier molecular flexibility index (Phi) is 2.43. The number of hydrogen-bond donors (Lipinski definition) is 2. The second-order valence-corrected chi connectivity index (χ2v) is 4.09. The second kappa shape index (κ2) is 3.74. The van der Waals surface area contributed by atoms with E-state index in [1.54, 1.807) is 23.5 Å². The molecule has 15 heavy (non-hydrogen) atoms. The minimum atomic E-state index is -0.453. The maximum absolute atomic E-state index is 11.2. The molecular formula is C11H10N2OS. The van der Waals surface area contributed by atoms with E-state index in [0.717, 1.165) is 10.4 Å². The first kappa shape index (κ1) is 9.73. The number of primary amides is 1. The molecule has 0 fully saturated rings. The largest absolute Gasteiger partial charge is 0.399 e. The molecule has 0 unspecified atom stereocenters. The fraction of sp³-hybridized carbons (Fsp3) is 0. The number of carbonyl (C=O) groups is 1. The van der Waals surface area contributed by atoms with Gasteiger partial charge in [-0.3, -0.25) is 4.79 Å². The average molecular weight is 218 g/mol. The summed E-state index contributed by atoms with van der Waals surface area (Å²) in [7, 11) is 0. The van der Waals surface area contributed by atoms with Gasteiger partial charge in [0, 0.05) is 21.7 Å². The first-order valence-electron chi connectivity index (χ1n) is 4.41. The van der Waals surface area contributed by atoms with Crippen LogP contribution in [0.15, 0.2) is 35.7 Å². The molecule has 1 amide bonds. The Morgan fingerprint density at radius 3 is 2.67 bits per heavy atom. The van der Waals surface area contributed by atoms with Crippen LogP contribution in [0, 0.1) is 0 Å². The lowest BCUT2D eigenvalue weighted by Crippen LogP contribution is -2.12. The maximum Gasteiger partial charge on any atom is 0.249 e. The number of anilines is 1. The summed E-state index contributed by atoms with van der Waals surface area (Å²) in [5, 5.41) is 1.95. The Bertz CT molecular complexity index is 491. The van der Waals surface area contributed by atoms with Crippen LogP contribution in [0.2, 0.25) is 0 Å². The lowest BCUT2D eigenvalue weighted by atomic mass is 10.0. The van der Waals surface area contributed by atoms with Gasteiger partial charge in [-0.25, -0.2) is 0 Å². The van der Waals surface area contributed by atoms with Gasteiger partial charge in [0.25, 0.3) is 0 Å². The molecule has 0 bridgehead atoms. The zero-order chi connectivity index (χ0) is 10.8. The molecule has 2 aromatic rings. The van der Waals surface area contributed by atoms with Crippen LogP contribution in [-0.4, -0.2) is 5.91 Å². The molecule has 1 heterocycles. The molecule has 1 aromatic carbocycles. The average Bonchev–Trinajstić information content (AvgIpc) is 2.70. The third kappa shape index (κ3) is 1.85. The summed E-state index contributed by atoms with van der Waals surface area (Å²) >= 11 is 1.56. The Morgan fingerprint density at radius 1 is 1.27 bits per heavy atom. The van der Waals surface area contributed by atoms with Crippen molar-refractivity contribution >= 4 is 22.9 Å². The summed E-state index contributed by atoms with van der Waals surface area (Å²) < 4.78 is 0. The summed E-state index contributed by atoms with van der Waals surface area (Å²) in [6.45, 7) is 0. The topological polar surface area (TPSA) is 69.1 Å². The molecule has 1 aromatic heterocycles. The predicted octanol–water partition coefficient (Wildman–Crippen LogP) is 2.10. The summed E-state index contributed by atoms with van der Waals surface area (Å²) in [6.07, 6.45) is 0. The molecule has 2 rings (SSSR count). The van der Waals surface area contributed by atoms with Crippen molar-refractivity contribution in [2.24, 2.45) is 5.73 Å². The van der Waals surface area contributed by atoms with Gasteiger partial charge in [-0.2, -0.15) is 0 Å². The Hall–Kier alpha value is -1.81. The zero-order valence-electron chi connectivity index (χ0n) is 7.94. The fourth-order valence-corrected chi connectivity index (χ4v) is 2.18. The van der Waals surface area contributed by atoms with Crippen molar-refractivity contribution in [1.82, 2.24) is 0 Å². The van der Waals surface area contributed by atoms with Gasteiger partial charge in [0.05, 0.1) is 0 Å². The van der Waals surface area contributed by atoms with Gasteiger partial charge in [0.15, 0.2) is 0 Å². The molecule has 0 aliphatic rings. The number of amides is 1. The molecule has 0 atom stereocenters. The molecule has 0 radical (unpaired) electrons. The second-order valence-electron chi connectivity index (χ2n) is 3.15. The van der Waals surface area contributed by atoms with Crippen LogP contribution in [0.4, 0.5) is 5.69 Å². The molecule has 4 N–H and O–H groups in total. The van der Waals surface area contributed by atoms with Gasteiger partial charge in [0.1, 0.15) is 0 Å². The van der Waals surface area contributed by atoms with Crippen LogP contribution in [0.25, 0.3) is 10.4 Å². The number of nitrogen functional groups attached to an aromatic ring is 1. The lowest BCUT2D eigenvalue weighted by Gasteiger charge is -2.05. The summed E-state index contributed by atoms with van der Waals surface area (Å²) in [6, 6.07) is 9.07. The van der Waals surface area contributed by atoms with Crippen molar-refractivity contribution in [3.8, 4) is 10.4 Å². The highest BCUT2D eigenvalue weighted by Crippen LogP contribution is 2.29. The highest BCUT2D eigenvalue weighted by atomic mass is 32.1. The maximum atomic E-state index is 11.2. The van der Waals surface area contributed by atoms with E-state index in [4.69, 9.17) is 11.5 Å². The van der Waals surface area contributed by atoms with Crippen LogP contribution >= 0.6 is 11.3 Å². The van der Waals surface area contributed by atoms with Gasteiger partial charge >= 0.3 is 0 Å². The Labute approximate surface area is 91.3 Å². The minimum Gasteiger partial charge on any atom is -0.399 e. The van der Waals surface area contributed by atoms with E-state index in [1.807, 2.05) is 23.6 Å². The van der Waals surface area contributed by atoms with Crippen molar-refractivity contribution in [2.75, 3.05) is 5.73 Å². The van der Waals surface area contributed by atoms with Crippen molar-refractivity contribution in [3.63, 3.8) is 0 Å². The third-order valence-corrected chi connectivity index (χ3v) is 3.00. The smallest absolute Gasteiger partial charge is 0.249 e. The van der Waals surface area contributed by atoms with E-state index in [0.29, 0.717) is 11.3 Å². The first-order valence-corrected chi connectivity index (χ1v) is 5.29. The Balaban J connectivity index is 2.61. The monoisotopic (exact) mass is 218 g/mol. The minimum absolute atomic E-state index is 0.453. The van der Waals surface area contributed by atoms with E-state index in [2.05, 4.69) is 0 Å². The molecular weight excluding hydrogens is 208 g/mol. The SMILES string of the molecule is NC(=O)c1cc(N)ccc1-c1cccs1. The van der Waals surface area contributed by atoms with Crippen LogP contribution in [0.1, 0.15) is 10.4 Å². The number of hydrogen-bond acceptors (Lipinski definition) is 3. The molecule has 3 nitrogen and oxygen atoms in total. The molecule has 76 valence electrons. The van der Waals surface area contributed by atoms with Crippen LogP contribution in [-0.2, 0) is 0 Å². The van der Waals surface area contributed by atoms with Crippen LogP contribution in [0.5, 0.6) is 0 Å². The number of benzene rings is 1. The predicted molar refractivity (Wildman–Crippen MR) is 62.7 cm³/mol. The van der Waals surface area contributed by atoms with Crippen molar-refractivity contribution < 1.29 is 4.79 Å². The lowest BCUT2D eigenvalue weighted by molar-refractivity contribution is 0.100. The summed E-state index contributed by atoms with van der Waals surface area (Å²) in [4.78, 5) is 12.3. The van der Waals surface area contributed by atoms with E-state index in [9.17, 15) is 4.79 Å². The zero-order valence-corrected chi connectivity index (χ0v) is 8.75. The highest BCUT2D eigenvalue weighted by Gasteiger charge is 2.10. The number of thiophene rings is 1. The quantitative estimate of drug-likeness (QED) is 0.758. The van der Waals surface area contributed by atoms with E-state index >= 15 is 0 Å². The standard InChI is InChI=1S/C11H10N2OS/c12-7-3-4-8(9(6-7)11(13)14)10-2-1-5-15-10/h1-6H,12H2,(H2,13,14). The van der Waals surface area contributed by atoms with Crippen molar-refractivity contribution in [3.05, 3.63) is 41.3 Å². The molecule has 0 spiro atoms. The molecule has 0 aliphatic heterocycles. The Morgan fingerprint density at radius 2 is 2.07 bits per heavy atom. The molecule has 0 saturated heterocycles. The highest BCUT2D eigenvalue weighted by molar-refractivity contribution is 7.13. The van der Waals surface area contributed by atoms with Gasteiger partial charge in [0.2, 0.25) is 5.91 Å². The van der Waals surface area contributed by atoms with Crippen molar-refractivity contribution in [1.29, 1.82) is 0 Å². The van der Waals surface area contributed by atoms with Gasteiger partial charge in [-0.15, -0.1) is 11.3 Å². The number of carbonyl (C=O) groups excluding carboxylic acids is 1. The van der Waals surface area contributed by atoms with Crippen LogP contribution < -0.4 is 11.5 Å². The summed E-state index contributed by atoms with van der Waals surface area (Å²) in [5.74, 6) is -0.453. The third-order valence-electron chi connectivity index (χ3n) is 2.10. The molecule has 4 heteroatoms. The van der Waals surface area contributed by atoms with Crippen molar-refractivity contribution in [2.45, 2.75) is 0 Å². The molecule has 0 saturated carbocycles. The van der Waals surface area contributed by atoms with E-state index in [1.165, 1.54) is 0 Å². The van der Waals surface area contributed by atoms with Gasteiger partial charge in [-0.1, -0.05) is 12.1 Å². The van der Waals surface area contributed by atoms with Crippen LogP contribution in [0.3, 0.4) is 0 Å². The van der Waals surface area contributed by atoms with E-state index < -0.39 is 5.91 Å². The van der Waals surface area contributed by atoms with E-state index in [-0.39, 0.29) is 0 Å². The fourth-order valence-electron chi connectivity index (χ4n) is 1.41. The summed E-state index contributed by atoms with van der Waals surface area (Å²) in [5.41, 5.74) is 12.8. The first-order chi connectivity index (χ1) is 7.18.